The van der Waals surface area contributed by atoms with Crippen LogP contribution in [0.2, 0.25) is 0 Å². The second-order valence-electron chi connectivity index (χ2n) is 4.88. The fourth-order valence-corrected chi connectivity index (χ4v) is 3.70. The van der Waals surface area contributed by atoms with Crippen molar-refractivity contribution in [2.45, 2.75) is 13.0 Å². The van der Waals surface area contributed by atoms with Crippen LogP contribution in [-0.2, 0) is 24.3 Å². The molecule has 0 amide bonds. The highest BCUT2D eigenvalue weighted by Gasteiger charge is 2.40. The van der Waals surface area contributed by atoms with E-state index in [9.17, 15) is 18.0 Å². The van der Waals surface area contributed by atoms with Gasteiger partial charge in [-0.2, -0.15) is 0 Å². The molecule has 11 nitrogen and oxygen atoms in total. The molecule has 24 heavy (non-hydrogen) atoms. The monoisotopic (exact) mass is 425 g/mol. The smallest absolute Gasteiger partial charge is 0.374 e. The maximum absolute atomic E-state index is 12.3. The molecule has 0 aliphatic carbocycles. The van der Waals surface area contributed by atoms with Gasteiger partial charge in [0.1, 0.15) is 0 Å². The number of carbonyl (C=O) groups excluding carboxylic acids is 2. The first-order chi connectivity index (χ1) is 11.2. The molecule has 1 fully saturated rings. The van der Waals surface area contributed by atoms with Crippen molar-refractivity contribution in [1.29, 1.82) is 5.41 Å². The molecule has 13 heteroatoms. The summed E-state index contributed by atoms with van der Waals surface area (Å²) < 4.78 is 34.6. The van der Waals surface area contributed by atoms with Gasteiger partial charge in [0.15, 0.2) is 0 Å². The highest BCUT2D eigenvalue weighted by atomic mass is 79.9. The van der Waals surface area contributed by atoms with Crippen molar-refractivity contribution in [3.05, 3.63) is 10.2 Å². The molecule has 1 aliphatic rings. The van der Waals surface area contributed by atoms with Crippen molar-refractivity contribution in [2.75, 3.05) is 37.5 Å². The number of sulfonamides is 1. The van der Waals surface area contributed by atoms with E-state index in [4.69, 9.17) is 9.93 Å². The molecule has 134 valence electrons. The standard InChI is InChI=1S/C11H16BrN5O6S/c1-3-24(20,21)15-4-5-16(17-9(12)10(13)23-14-17)7(6-15)8(18)11(19)22-2/h7,13H,3-6H2,1-2H3. The number of nitrogens with one attached hydrogen (secondary N) is 1. The summed E-state index contributed by atoms with van der Waals surface area (Å²) in [5.74, 6) is -2.13. The Hall–Kier alpha value is -1.73. The number of hydrogen-bond donors (Lipinski definition) is 1. The SMILES string of the molecule is CCS(=O)(=O)N1CCN([n+]2[n-]oc(=N)c2Br)C(C(=O)C(=O)OC)C1. The molecule has 1 aromatic heterocycles. The quantitative estimate of drug-likeness (QED) is 0.309. The normalized spacial score (nSPS) is 19.3. The zero-order valence-electron chi connectivity index (χ0n) is 12.9. The molecule has 1 atom stereocenters. The van der Waals surface area contributed by atoms with Gasteiger partial charge < -0.3 is 9.26 Å². The Kier molecular flexibility index (Phi) is 5.45. The Morgan fingerprint density at radius 1 is 1.50 bits per heavy atom. The van der Waals surface area contributed by atoms with Crippen molar-refractivity contribution in [2.24, 2.45) is 0 Å². The van der Waals surface area contributed by atoms with Gasteiger partial charge in [-0.3, -0.25) is 15.2 Å². The molecule has 2 heterocycles. The highest BCUT2D eigenvalue weighted by Crippen LogP contribution is 2.13. The summed E-state index contributed by atoms with van der Waals surface area (Å²) in [4.78, 5) is 25.1. The maximum Gasteiger partial charge on any atom is 0.374 e. The minimum absolute atomic E-state index is 0.0713. The van der Waals surface area contributed by atoms with Gasteiger partial charge in [0.05, 0.1) is 18.9 Å². The number of Topliss-reactive ketones (excluding diaryl/α,β-unsaturated/α-hetero) is 1. The average molecular weight is 426 g/mol. The summed E-state index contributed by atoms with van der Waals surface area (Å²) in [5, 5.41) is 12.5. The molecule has 2 rings (SSSR count). The van der Waals surface area contributed by atoms with Crippen molar-refractivity contribution in [3.8, 4) is 0 Å². The summed E-state index contributed by atoms with van der Waals surface area (Å²) in [6, 6.07) is -1.15. The summed E-state index contributed by atoms with van der Waals surface area (Å²) in [6.07, 6.45) is 0. The predicted molar refractivity (Wildman–Crippen MR) is 80.7 cm³/mol. The van der Waals surface area contributed by atoms with Crippen LogP contribution in [0.1, 0.15) is 6.92 Å². The lowest BCUT2D eigenvalue weighted by Gasteiger charge is -2.39. The lowest BCUT2D eigenvalue weighted by Crippen LogP contribution is -2.74. The molecule has 1 N–H and O–H groups in total. The number of hydrogen-bond acceptors (Lipinski definition) is 8. The third-order valence-corrected chi connectivity index (χ3v) is 6.10. The molecule has 0 aromatic carbocycles. The Labute approximate surface area is 145 Å². The number of rotatable bonds is 5. The summed E-state index contributed by atoms with van der Waals surface area (Å²) >= 11 is 3.10. The first-order valence-electron chi connectivity index (χ1n) is 6.89. The van der Waals surface area contributed by atoms with E-state index in [1.165, 1.54) is 11.9 Å². The van der Waals surface area contributed by atoms with E-state index in [-0.39, 0.29) is 35.5 Å². The van der Waals surface area contributed by atoms with Gasteiger partial charge in [0, 0.05) is 35.6 Å². The average Bonchev–Trinajstić information content (AvgIpc) is 2.92. The highest BCUT2D eigenvalue weighted by molar-refractivity contribution is 9.10. The second kappa shape index (κ2) is 7.03. The number of ketones is 1. The zero-order chi connectivity index (χ0) is 18.1. The van der Waals surface area contributed by atoms with Crippen molar-refractivity contribution in [1.82, 2.24) is 9.58 Å². The molecule has 0 bridgehead atoms. The van der Waals surface area contributed by atoms with Gasteiger partial charge in [-0.1, -0.05) is 4.79 Å². The maximum atomic E-state index is 12.3. The molecule has 1 aromatic rings. The molecule has 1 aliphatic heterocycles. The van der Waals surface area contributed by atoms with Gasteiger partial charge in [-0.15, -0.1) is 0 Å². The van der Waals surface area contributed by atoms with Crippen LogP contribution in [-0.4, -0.2) is 63.0 Å². The predicted octanol–water partition coefficient (Wildman–Crippen LogP) is -2.52. The van der Waals surface area contributed by atoms with Crippen LogP contribution in [0.25, 0.3) is 0 Å². The van der Waals surface area contributed by atoms with E-state index in [0.29, 0.717) is 0 Å². The fraction of sp³-hybridized carbons (Fsp3) is 0.636. The molecule has 0 radical (unpaired) electrons. The van der Waals surface area contributed by atoms with E-state index >= 15 is 0 Å². The van der Waals surface area contributed by atoms with Gasteiger partial charge in [0.25, 0.3) is 0 Å². The molecule has 0 saturated carbocycles. The topological polar surface area (TPSA) is 139 Å². The Morgan fingerprint density at radius 2 is 2.17 bits per heavy atom. The first-order valence-corrected chi connectivity index (χ1v) is 9.29. The van der Waals surface area contributed by atoms with Crippen molar-refractivity contribution in [3.63, 3.8) is 0 Å². The third kappa shape index (κ3) is 3.37. The first kappa shape index (κ1) is 18.6. The van der Waals surface area contributed by atoms with E-state index in [2.05, 4.69) is 25.9 Å². The summed E-state index contributed by atoms with van der Waals surface area (Å²) in [6.45, 7) is 1.43. The minimum atomic E-state index is -3.53. The molecule has 1 saturated heterocycles. The summed E-state index contributed by atoms with van der Waals surface area (Å²) in [5.41, 5.74) is -0.275. The van der Waals surface area contributed by atoms with Crippen LogP contribution in [0.5, 0.6) is 0 Å². The van der Waals surface area contributed by atoms with Gasteiger partial charge in [0.2, 0.25) is 15.8 Å². The van der Waals surface area contributed by atoms with Crippen molar-refractivity contribution >= 4 is 37.7 Å². The van der Waals surface area contributed by atoms with Gasteiger partial charge in [-0.05, 0) is 12.2 Å². The van der Waals surface area contributed by atoms with Crippen LogP contribution in [0.4, 0.5) is 0 Å². The number of methoxy groups -OCH3 is 1. The fourth-order valence-electron chi connectivity index (χ4n) is 2.27. The number of carbonyl (C=O) groups is 2. The van der Waals surface area contributed by atoms with E-state index in [0.717, 1.165) is 16.2 Å². The Morgan fingerprint density at radius 3 is 2.67 bits per heavy atom. The zero-order valence-corrected chi connectivity index (χ0v) is 15.3. The molecule has 1 unspecified atom stereocenters. The van der Waals surface area contributed by atoms with Gasteiger partial charge >= 0.3 is 16.1 Å². The number of piperazine rings is 1. The van der Waals surface area contributed by atoms with Crippen molar-refractivity contribution < 1.29 is 32.1 Å². The van der Waals surface area contributed by atoms with Crippen LogP contribution in [0, 0.1) is 5.41 Å². The summed E-state index contributed by atoms with van der Waals surface area (Å²) in [7, 11) is -2.47. The lowest BCUT2D eigenvalue weighted by atomic mass is 10.1. The largest absolute Gasteiger partial charge is 0.463 e. The Bertz CT molecular complexity index is 802. The van der Waals surface area contributed by atoms with Crippen LogP contribution in [0.3, 0.4) is 0 Å². The van der Waals surface area contributed by atoms with E-state index in [1.54, 1.807) is 0 Å². The molecular weight excluding hydrogens is 410 g/mol. The Balaban J connectivity index is 2.40. The number of halogens is 1. The van der Waals surface area contributed by atoms with Gasteiger partial charge in [-0.25, -0.2) is 17.5 Å². The molecule has 0 spiro atoms. The number of aromatic nitrogens is 2. The van der Waals surface area contributed by atoms with E-state index < -0.39 is 27.8 Å². The van der Waals surface area contributed by atoms with Crippen LogP contribution < -0.4 is 20.6 Å². The second-order valence-corrected chi connectivity index (χ2v) is 7.88. The molecular formula is C11H16BrN5O6S. The number of esters is 1. The number of ether oxygens (including phenoxy) is 1. The van der Waals surface area contributed by atoms with Crippen LogP contribution in [0.15, 0.2) is 9.13 Å². The lowest BCUT2D eigenvalue weighted by molar-refractivity contribution is -0.775. The van der Waals surface area contributed by atoms with E-state index in [1.807, 2.05) is 0 Å². The van der Waals surface area contributed by atoms with Crippen LogP contribution >= 0.6 is 15.9 Å². The third-order valence-electron chi connectivity index (χ3n) is 3.58. The number of nitrogens with zero attached hydrogens (tertiary/aromatic N) is 4. The minimum Gasteiger partial charge on any atom is -0.463 e.